The number of non-ortho nitro benzene ring substituents is 1. The molecule has 1 saturated heterocycles. The molecule has 0 unspecified atom stereocenters. The van der Waals surface area contributed by atoms with Crippen molar-refractivity contribution < 1.29 is 14.5 Å². The van der Waals surface area contributed by atoms with Gasteiger partial charge in [-0.05, 0) is 13.0 Å². The fourth-order valence-electron chi connectivity index (χ4n) is 2.58. The number of amides is 1. The van der Waals surface area contributed by atoms with E-state index in [-0.39, 0.29) is 24.0 Å². The monoisotopic (exact) mass is 358 g/mol. The topological polar surface area (TPSA) is 96.7 Å². The number of anilines is 1. The number of nitrogens with zero attached hydrogens (tertiary/aromatic N) is 2. The molecule has 0 spiro atoms. The number of carbonyl (C=O) groups is 1. The summed E-state index contributed by atoms with van der Waals surface area (Å²) in [5.41, 5.74) is 0.233. The van der Waals surface area contributed by atoms with E-state index in [0.29, 0.717) is 30.4 Å². The van der Waals surface area contributed by atoms with Gasteiger partial charge in [-0.15, -0.1) is 12.4 Å². The molecule has 9 heteroatoms. The average Bonchev–Trinajstić information content (AvgIpc) is 2.54. The van der Waals surface area contributed by atoms with Gasteiger partial charge in [0.2, 0.25) is 5.91 Å². The van der Waals surface area contributed by atoms with E-state index in [9.17, 15) is 14.9 Å². The molecule has 134 valence electrons. The Morgan fingerprint density at radius 2 is 2.29 bits per heavy atom. The molecule has 1 amide bonds. The largest absolute Gasteiger partial charge is 0.495 e. The number of halogens is 1. The molecule has 1 aliphatic heterocycles. The molecule has 1 heterocycles. The van der Waals surface area contributed by atoms with Crippen LogP contribution in [0.5, 0.6) is 5.75 Å². The zero-order valence-corrected chi connectivity index (χ0v) is 14.6. The van der Waals surface area contributed by atoms with Crippen molar-refractivity contribution in [1.29, 1.82) is 0 Å². The Balaban J connectivity index is 0.00000288. The van der Waals surface area contributed by atoms with Crippen LogP contribution < -0.4 is 15.4 Å². The van der Waals surface area contributed by atoms with Crippen molar-refractivity contribution in [3.63, 3.8) is 0 Å². The Morgan fingerprint density at radius 1 is 1.54 bits per heavy atom. The maximum absolute atomic E-state index is 12.1. The average molecular weight is 359 g/mol. The Hall–Kier alpha value is -1.90. The van der Waals surface area contributed by atoms with E-state index < -0.39 is 4.92 Å². The highest BCUT2D eigenvalue weighted by molar-refractivity contribution is 5.92. The van der Waals surface area contributed by atoms with Crippen molar-refractivity contribution >= 4 is 29.7 Å². The lowest BCUT2D eigenvalue weighted by atomic mass is 10.2. The Morgan fingerprint density at radius 3 is 2.92 bits per heavy atom. The molecule has 0 radical (unpaired) electrons. The molecule has 1 aliphatic rings. The maximum Gasteiger partial charge on any atom is 0.271 e. The van der Waals surface area contributed by atoms with Crippen LogP contribution >= 0.6 is 12.4 Å². The number of hydrogen-bond acceptors (Lipinski definition) is 6. The lowest BCUT2D eigenvalue weighted by molar-refractivity contribution is -0.384. The number of piperazine rings is 1. The van der Waals surface area contributed by atoms with Gasteiger partial charge in [0.15, 0.2) is 0 Å². The highest BCUT2D eigenvalue weighted by Gasteiger charge is 2.19. The fraction of sp³-hybridized carbons (Fsp3) is 0.533. The molecule has 1 atom stereocenters. The summed E-state index contributed by atoms with van der Waals surface area (Å²) in [4.78, 5) is 24.7. The number of nitro groups is 1. The van der Waals surface area contributed by atoms with Gasteiger partial charge in [0, 0.05) is 50.8 Å². The highest BCUT2D eigenvalue weighted by Crippen LogP contribution is 2.28. The Bertz CT molecular complexity index is 585. The number of nitro benzene ring substituents is 1. The van der Waals surface area contributed by atoms with Crippen molar-refractivity contribution in [3.8, 4) is 5.75 Å². The summed E-state index contributed by atoms with van der Waals surface area (Å²) in [6, 6.07) is 4.52. The van der Waals surface area contributed by atoms with E-state index in [1.54, 1.807) is 0 Å². The lowest BCUT2D eigenvalue weighted by Gasteiger charge is -2.33. The Labute approximate surface area is 147 Å². The predicted octanol–water partition coefficient (Wildman–Crippen LogP) is 1.65. The van der Waals surface area contributed by atoms with Crippen molar-refractivity contribution in [3.05, 3.63) is 28.3 Å². The minimum Gasteiger partial charge on any atom is -0.495 e. The van der Waals surface area contributed by atoms with Crippen molar-refractivity contribution in [2.24, 2.45) is 0 Å². The van der Waals surface area contributed by atoms with Crippen molar-refractivity contribution in [2.45, 2.75) is 19.4 Å². The van der Waals surface area contributed by atoms with E-state index in [4.69, 9.17) is 4.74 Å². The first-order valence-corrected chi connectivity index (χ1v) is 7.58. The first kappa shape index (κ1) is 20.1. The van der Waals surface area contributed by atoms with E-state index in [2.05, 4.69) is 22.5 Å². The predicted molar refractivity (Wildman–Crippen MR) is 94.0 cm³/mol. The second-order valence-corrected chi connectivity index (χ2v) is 5.53. The second-order valence-electron chi connectivity index (χ2n) is 5.53. The lowest BCUT2D eigenvalue weighted by Crippen LogP contribution is -2.50. The number of rotatable bonds is 6. The van der Waals surface area contributed by atoms with Crippen LogP contribution in [0, 0.1) is 10.1 Å². The summed E-state index contributed by atoms with van der Waals surface area (Å²) in [6.45, 7) is 5.53. The molecular formula is C15H23ClN4O4. The maximum atomic E-state index is 12.1. The summed E-state index contributed by atoms with van der Waals surface area (Å²) in [6.07, 6.45) is 0.330. The third kappa shape index (κ3) is 5.33. The SMILES string of the molecule is COc1ccc([N+](=O)[O-])cc1NC(=O)CCN1CCNC[C@@H]1C.Cl. The number of carbonyl (C=O) groups excluding carboxylic acids is 1. The quantitative estimate of drug-likeness (QED) is 0.593. The molecule has 8 nitrogen and oxygen atoms in total. The van der Waals surface area contributed by atoms with Gasteiger partial charge in [-0.2, -0.15) is 0 Å². The number of ether oxygens (including phenoxy) is 1. The minimum absolute atomic E-state index is 0. The van der Waals surface area contributed by atoms with E-state index in [1.807, 2.05) is 0 Å². The fourth-order valence-corrected chi connectivity index (χ4v) is 2.58. The van der Waals surface area contributed by atoms with Gasteiger partial charge >= 0.3 is 0 Å². The summed E-state index contributed by atoms with van der Waals surface area (Å²) in [7, 11) is 1.46. The summed E-state index contributed by atoms with van der Waals surface area (Å²) >= 11 is 0. The van der Waals surface area contributed by atoms with Crippen molar-refractivity contribution in [1.82, 2.24) is 10.2 Å². The molecule has 2 N–H and O–H groups in total. The van der Waals surface area contributed by atoms with Crippen LogP contribution in [-0.4, -0.2) is 55.1 Å². The number of methoxy groups -OCH3 is 1. The third-order valence-electron chi connectivity index (χ3n) is 3.93. The highest BCUT2D eigenvalue weighted by atomic mass is 35.5. The Kier molecular flexibility index (Phi) is 7.90. The third-order valence-corrected chi connectivity index (χ3v) is 3.93. The van der Waals surface area contributed by atoms with Gasteiger partial charge in [-0.1, -0.05) is 0 Å². The van der Waals surface area contributed by atoms with Gasteiger partial charge in [0.1, 0.15) is 5.75 Å². The second kappa shape index (κ2) is 9.41. The van der Waals surface area contributed by atoms with Crippen LogP contribution in [0.2, 0.25) is 0 Å². The molecule has 0 aliphatic carbocycles. The van der Waals surface area contributed by atoms with Crippen LogP contribution in [0.3, 0.4) is 0 Å². The minimum atomic E-state index is -0.502. The first-order chi connectivity index (χ1) is 11.0. The molecule has 0 bridgehead atoms. The number of benzene rings is 1. The zero-order chi connectivity index (χ0) is 16.8. The summed E-state index contributed by atoms with van der Waals surface area (Å²) < 4.78 is 5.14. The van der Waals surface area contributed by atoms with Crippen LogP contribution in [0.1, 0.15) is 13.3 Å². The molecule has 0 aromatic heterocycles. The van der Waals surface area contributed by atoms with Gasteiger partial charge in [-0.25, -0.2) is 0 Å². The molecule has 1 aromatic carbocycles. The number of hydrogen-bond donors (Lipinski definition) is 2. The zero-order valence-electron chi connectivity index (χ0n) is 13.8. The normalized spacial score (nSPS) is 17.7. The van der Waals surface area contributed by atoms with E-state index in [1.165, 1.54) is 25.3 Å². The van der Waals surface area contributed by atoms with Gasteiger partial charge in [0.05, 0.1) is 17.7 Å². The first-order valence-electron chi connectivity index (χ1n) is 7.58. The molecule has 1 aromatic rings. The van der Waals surface area contributed by atoms with Crippen molar-refractivity contribution in [2.75, 3.05) is 38.6 Å². The molecule has 1 fully saturated rings. The summed E-state index contributed by atoms with van der Waals surface area (Å²) in [5, 5.41) is 16.8. The van der Waals surface area contributed by atoms with Crippen LogP contribution in [0.4, 0.5) is 11.4 Å². The van der Waals surface area contributed by atoms with E-state index in [0.717, 1.165) is 19.6 Å². The smallest absolute Gasteiger partial charge is 0.271 e. The van der Waals surface area contributed by atoms with Gasteiger partial charge in [-0.3, -0.25) is 19.8 Å². The number of nitrogens with one attached hydrogen (secondary N) is 2. The molecular weight excluding hydrogens is 336 g/mol. The van der Waals surface area contributed by atoms with Crippen LogP contribution in [0.25, 0.3) is 0 Å². The van der Waals surface area contributed by atoms with Crippen LogP contribution in [-0.2, 0) is 4.79 Å². The molecule has 0 saturated carbocycles. The van der Waals surface area contributed by atoms with Gasteiger partial charge in [0.25, 0.3) is 5.69 Å². The van der Waals surface area contributed by atoms with Crippen LogP contribution in [0.15, 0.2) is 18.2 Å². The molecule has 2 rings (SSSR count). The van der Waals surface area contributed by atoms with E-state index >= 15 is 0 Å². The standard InChI is InChI=1S/C15H22N4O4.ClH/c1-11-10-16-6-8-18(11)7-5-15(20)17-13-9-12(19(21)22)3-4-14(13)23-2;/h3-4,9,11,16H,5-8,10H2,1-2H3,(H,17,20);1H/t11-;/m0./s1. The molecule has 24 heavy (non-hydrogen) atoms. The summed E-state index contributed by atoms with van der Waals surface area (Å²) in [5.74, 6) is 0.217. The van der Waals surface area contributed by atoms with Gasteiger partial charge < -0.3 is 15.4 Å².